The number of carbonyl (C=O) groups is 1. The molecule has 0 aliphatic heterocycles. The number of nitrogens with two attached hydrogens (primary N) is 1. The first-order valence-electron chi connectivity index (χ1n) is 3.91. The van der Waals surface area contributed by atoms with E-state index < -0.39 is 12.2 Å². The second-order valence-corrected chi connectivity index (χ2v) is 2.76. The van der Waals surface area contributed by atoms with Gasteiger partial charge in [0.15, 0.2) is 0 Å². The molecule has 68 valence electrons. The van der Waals surface area contributed by atoms with E-state index in [9.17, 15) is 4.79 Å². The summed E-state index contributed by atoms with van der Waals surface area (Å²) < 4.78 is 4.74. The van der Waals surface area contributed by atoms with E-state index in [1.54, 1.807) is 0 Å². The fraction of sp³-hybridized carbons (Fsp3) is 0.714. The summed E-state index contributed by atoms with van der Waals surface area (Å²) in [6, 6.07) is 0. The maximum Gasteiger partial charge on any atom is 0.405 e. The van der Waals surface area contributed by atoms with Crippen LogP contribution in [0.1, 0.15) is 25.7 Å². The molecule has 1 fully saturated rings. The van der Waals surface area contributed by atoms with Gasteiger partial charge in [-0.2, -0.15) is 0 Å². The van der Waals surface area contributed by atoms with Crippen LogP contribution in [0, 0.1) is 0 Å². The maximum absolute atomic E-state index is 10.4. The van der Waals surface area contributed by atoms with Gasteiger partial charge in [0.05, 0.1) is 5.71 Å². The molecule has 0 bridgehead atoms. The first-order chi connectivity index (χ1) is 5.74. The van der Waals surface area contributed by atoms with Gasteiger partial charge in [0, 0.05) is 0 Å². The van der Waals surface area contributed by atoms with Crippen LogP contribution < -0.4 is 5.73 Å². The molecule has 1 aliphatic rings. The lowest BCUT2D eigenvalue weighted by atomic mass is 9.96. The number of ether oxygens (including phenoxy) is 1. The first-order valence-corrected chi connectivity index (χ1v) is 3.91. The Morgan fingerprint density at radius 3 is 3.00 bits per heavy atom. The van der Waals surface area contributed by atoms with Gasteiger partial charge in [-0.25, -0.2) is 4.79 Å². The number of primary amides is 1. The predicted molar refractivity (Wildman–Crippen MR) is 42.1 cm³/mol. The van der Waals surface area contributed by atoms with E-state index >= 15 is 0 Å². The van der Waals surface area contributed by atoms with E-state index in [0.717, 1.165) is 12.8 Å². The van der Waals surface area contributed by atoms with Crippen molar-refractivity contribution in [3.05, 3.63) is 0 Å². The van der Waals surface area contributed by atoms with Crippen LogP contribution in [0.2, 0.25) is 0 Å². The van der Waals surface area contributed by atoms with Gasteiger partial charge in [0.2, 0.25) is 0 Å². The number of carbonyl (C=O) groups excluding carboxylic acids is 1. The Morgan fingerprint density at radius 2 is 2.42 bits per heavy atom. The Bertz CT molecular complexity index is 203. The predicted octanol–water partition coefficient (Wildman–Crippen LogP) is 0.855. The first kappa shape index (κ1) is 8.83. The van der Waals surface area contributed by atoms with Gasteiger partial charge in [0.1, 0.15) is 6.10 Å². The number of hydrogen-bond donors (Lipinski definition) is 2. The largest absolute Gasteiger partial charge is 0.440 e. The highest BCUT2D eigenvalue weighted by molar-refractivity contribution is 5.90. The topological polar surface area (TPSA) is 84.9 Å². The zero-order valence-electron chi connectivity index (χ0n) is 6.69. The van der Waals surface area contributed by atoms with E-state index in [2.05, 4.69) is 5.16 Å². The fourth-order valence-electron chi connectivity index (χ4n) is 1.35. The zero-order chi connectivity index (χ0) is 8.97. The van der Waals surface area contributed by atoms with Gasteiger partial charge in [-0.15, -0.1) is 0 Å². The molecule has 5 nitrogen and oxygen atoms in total. The molecule has 1 rings (SSSR count). The van der Waals surface area contributed by atoms with Gasteiger partial charge in [-0.1, -0.05) is 5.16 Å². The lowest BCUT2D eigenvalue weighted by Crippen LogP contribution is -2.32. The summed E-state index contributed by atoms with van der Waals surface area (Å²) in [6.45, 7) is 0. The third-order valence-corrected chi connectivity index (χ3v) is 1.91. The lowest BCUT2D eigenvalue weighted by Gasteiger charge is -2.21. The van der Waals surface area contributed by atoms with E-state index in [-0.39, 0.29) is 0 Å². The molecule has 0 saturated heterocycles. The number of hydrogen-bond acceptors (Lipinski definition) is 4. The van der Waals surface area contributed by atoms with Gasteiger partial charge in [-0.3, -0.25) is 0 Å². The number of oxime groups is 1. The highest BCUT2D eigenvalue weighted by Crippen LogP contribution is 2.18. The molecule has 12 heavy (non-hydrogen) atoms. The molecule has 0 radical (unpaired) electrons. The van der Waals surface area contributed by atoms with E-state index in [0.29, 0.717) is 18.6 Å². The summed E-state index contributed by atoms with van der Waals surface area (Å²) in [5.41, 5.74) is 5.36. The molecule has 1 saturated carbocycles. The molecule has 0 aromatic heterocycles. The van der Waals surface area contributed by atoms with Crippen LogP contribution in [0.25, 0.3) is 0 Å². The highest BCUT2D eigenvalue weighted by atomic mass is 16.6. The molecule has 3 N–H and O–H groups in total. The van der Waals surface area contributed by atoms with Crippen molar-refractivity contribution in [3.63, 3.8) is 0 Å². The third kappa shape index (κ3) is 2.11. The van der Waals surface area contributed by atoms with E-state index in [1.165, 1.54) is 0 Å². The van der Waals surface area contributed by atoms with Crippen LogP contribution in [0.4, 0.5) is 4.79 Å². The summed E-state index contributed by atoms with van der Waals surface area (Å²) in [6.07, 6.45) is 2.08. The van der Waals surface area contributed by atoms with Crippen molar-refractivity contribution in [1.82, 2.24) is 0 Å². The van der Waals surface area contributed by atoms with Crippen LogP contribution in [-0.2, 0) is 4.74 Å². The van der Waals surface area contributed by atoms with Gasteiger partial charge < -0.3 is 15.7 Å². The second-order valence-electron chi connectivity index (χ2n) is 2.76. The summed E-state index contributed by atoms with van der Waals surface area (Å²) in [4.78, 5) is 10.4. The van der Waals surface area contributed by atoms with Crippen LogP contribution in [0.3, 0.4) is 0 Å². The molecule has 1 atom stereocenters. The lowest BCUT2D eigenvalue weighted by molar-refractivity contribution is 0.125. The molecule has 1 aliphatic carbocycles. The molecule has 1 unspecified atom stereocenters. The van der Waals surface area contributed by atoms with Gasteiger partial charge in [0.25, 0.3) is 0 Å². The van der Waals surface area contributed by atoms with Crippen molar-refractivity contribution in [3.8, 4) is 0 Å². The zero-order valence-corrected chi connectivity index (χ0v) is 6.69. The smallest absolute Gasteiger partial charge is 0.405 e. The number of rotatable bonds is 1. The Morgan fingerprint density at radius 1 is 1.67 bits per heavy atom. The summed E-state index contributed by atoms with van der Waals surface area (Å²) >= 11 is 0. The Hall–Kier alpha value is -1.26. The molecule has 5 heteroatoms. The SMILES string of the molecule is NC(=O)OC1CCCC/C1=N\O. The second kappa shape index (κ2) is 3.94. The quantitative estimate of drug-likeness (QED) is 0.454. The molecule has 0 spiro atoms. The molecule has 1 amide bonds. The van der Waals surface area contributed by atoms with Crippen LogP contribution >= 0.6 is 0 Å². The monoisotopic (exact) mass is 172 g/mol. The highest BCUT2D eigenvalue weighted by Gasteiger charge is 2.23. The molecule has 0 aromatic carbocycles. The Kier molecular flexibility index (Phi) is 2.90. The van der Waals surface area contributed by atoms with Crippen LogP contribution in [0.15, 0.2) is 5.16 Å². The van der Waals surface area contributed by atoms with Crippen molar-refractivity contribution in [1.29, 1.82) is 0 Å². The minimum absolute atomic E-state index is 0.416. The molecular weight excluding hydrogens is 160 g/mol. The van der Waals surface area contributed by atoms with Crippen molar-refractivity contribution in [2.24, 2.45) is 10.9 Å². The average molecular weight is 172 g/mol. The summed E-state index contributed by atoms with van der Waals surface area (Å²) in [5, 5.41) is 11.6. The summed E-state index contributed by atoms with van der Waals surface area (Å²) in [5.74, 6) is 0. The van der Waals surface area contributed by atoms with Crippen molar-refractivity contribution in [2.75, 3.05) is 0 Å². The van der Waals surface area contributed by atoms with Gasteiger partial charge >= 0.3 is 6.09 Å². The minimum atomic E-state index is -0.817. The number of amides is 1. The maximum atomic E-state index is 10.4. The van der Waals surface area contributed by atoms with Gasteiger partial charge in [-0.05, 0) is 25.7 Å². The van der Waals surface area contributed by atoms with Crippen LogP contribution in [0.5, 0.6) is 0 Å². The molecule has 0 heterocycles. The Balaban J connectivity index is 2.53. The van der Waals surface area contributed by atoms with Crippen molar-refractivity contribution in [2.45, 2.75) is 31.8 Å². The Labute approximate surface area is 70.2 Å². The number of nitrogens with zero attached hydrogens (tertiary/aromatic N) is 1. The van der Waals surface area contributed by atoms with Crippen molar-refractivity contribution < 1.29 is 14.7 Å². The van der Waals surface area contributed by atoms with Crippen molar-refractivity contribution >= 4 is 11.8 Å². The van der Waals surface area contributed by atoms with Crippen LogP contribution in [-0.4, -0.2) is 23.1 Å². The van der Waals surface area contributed by atoms with E-state index in [4.69, 9.17) is 15.7 Å². The van der Waals surface area contributed by atoms with E-state index in [1.807, 2.05) is 0 Å². The normalized spacial score (nSPS) is 27.0. The fourth-order valence-corrected chi connectivity index (χ4v) is 1.35. The standard InChI is InChI=1S/C7H12N2O3/c8-7(10)12-6-4-2-1-3-5(6)9-11/h6,11H,1-4H2,(H2,8,10)/b9-5+. The third-order valence-electron chi connectivity index (χ3n) is 1.91. The molecule has 0 aromatic rings. The molecular formula is C7H12N2O3. The summed E-state index contributed by atoms with van der Waals surface area (Å²) in [7, 11) is 0. The average Bonchev–Trinajstić information content (AvgIpc) is 2.04. The minimum Gasteiger partial charge on any atom is -0.440 e.